The van der Waals surface area contributed by atoms with Crippen LogP contribution in [-0.2, 0) is 13.1 Å². The van der Waals surface area contributed by atoms with E-state index < -0.39 is 0 Å². The molecule has 0 atom stereocenters. The summed E-state index contributed by atoms with van der Waals surface area (Å²) >= 11 is 0. The number of hydrogen-bond donors (Lipinski definition) is 1. The van der Waals surface area contributed by atoms with Gasteiger partial charge in [-0.05, 0) is 49.1 Å². The van der Waals surface area contributed by atoms with Gasteiger partial charge in [0.1, 0.15) is 0 Å². The van der Waals surface area contributed by atoms with Crippen LogP contribution in [0.4, 0.5) is 10.5 Å². The molecule has 1 aliphatic rings. The van der Waals surface area contributed by atoms with Crippen molar-refractivity contribution < 1.29 is 4.79 Å². The van der Waals surface area contributed by atoms with Gasteiger partial charge in [-0.15, -0.1) is 0 Å². The fourth-order valence-corrected chi connectivity index (χ4v) is 3.23. The predicted octanol–water partition coefficient (Wildman–Crippen LogP) is 4.44. The Morgan fingerprint density at radius 2 is 1.96 bits per heavy atom. The Hall–Kier alpha value is -3.08. The minimum absolute atomic E-state index is 0.0289. The lowest BCUT2D eigenvalue weighted by Crippen LogP contribution is -2.36. The third-order valence-corrected chi connectivity index (χ3v) is 4.79. The fraction of sp³-hybridized carbons (Fsp3) is 0.273. The van der Waals surface area contributed by atoms with E-state index in [4.69, 9.17) is 0 Å². The first-order valence-corrected chi connectivity index (χ1v) is 9.37. The van der Waals surface area contributed by atoms with Crippen molar-refractivity contribution in [3.8, 4) is 0 Å². The first kappa shape index (κ1) is 17.3. The van der Waals surface area contributed by atoms with Crippen molar-refractivity contribution in [2.24, 2.45) is 0 Å². The number of aromatic nitrogens is 2. The molecule has 3 aromatic rings. The second-order valence-corrected chi connectivity index (χ2v) is 7.18. The molecule has 1 saturated carbocycles. The summed E-state index contributed by atoms with van der Waals surface area (Å²) in [5.41, 5.74) is 4.36. The molecule has 1 aromatic heterocycles. The number of anilines is 1. The monoisotopic (exact) mass is 360 g/mol. The highest BCUT2D eigenvalue weighted by Gasteiger charge is 2.32. The number of urea groups is 1. The van der Waals surface area contributed by atoms with Crippen molar-refractivity contribution in [3.05, 3.63) is 83.7 Å². The van der Waals surface area contributed by atoms with Gasteiger partial charge in [0, 0.05) is 30.7 Å². The summed E-state index contributed by atoms with van der Waals surface area (Å²) in [6.45, 7) is 3.45. The van der Waals surface area contributed by atoms with Gasteiger partial charge in [0.05, 0.1) is 6.54 Å². The predicted molar refractivity (Wildman–Crippen MR) is 107 cm³/mol. The Balaban J connectivity index is 1.40. The lowest BCUT2D eigenvalue weighted by atomic mass is 10.1. The molecule has 2 aromatic carbocycles. The molecule has 2 amide bonds. The van der Waals surface area contributed by atoms with Crippen LogP contribution in [0.2, 0.25) is 0 Å². The molecule has 5 nitrogen and oxygen atoms in total. The number of aryl methyl sites for hydroxylation is 1. The minimum Gasteiger partial charge on any atom is -0.317 e. The first-order valence-electron chi connectivity index (χ1n) is 9.37. The summed E-state index contributed by atoms with van der Waals surface area (Å²) in [6.07, 6.45) is 5.88. The van der Waals surface area contributed by atoms with Crippen LogP contribution in [0.15, 0.2) is 67.0 Å². The van der Waals surface area contributed by atoms with Gasteiger partial charge in [-0.2, -0.15) is 5.10 Å². The summed E-state index contributed by atoms with van der Waals surface area (Å²) in [5.74, 6) is 0. The van der Waals surface area contributed by atoms with E-state index >= 15 is 0 Å². The van der Waals surface area contributed by atoms with E-state index in [0.717, 1.165) is 30.6 Å². The van der Waals surface area contributed by atoms with E-state index in [9.17, 15) is 4.79 Å². The van der Waals surface area contributed by atoms with Gasteiger partial charge in [-0.25, -0.2) is 4.79 Å². The summed E-state index contributed by atoms with van der Waals surface area (Å²) in [6, 6.07) is 18.5. The second kappa shape index (κ2) is 7.66. The van der Waals surface area contributed by atoms with Gasteiger partial charge in [0.15, 0.2) is 0 Å². The molecule has 27 heavy (non-hydrogen) atoms. The van der Waals surface area contributed by atoms with E-state index in [1.807, 2.05) is 52.2 Å². The SMILES string of the molecule is Cc1cccc(CN(C(=O)Nc2ccc(Cn3cccn3)cc2)C2CC2)c1. The van der Waals surface area contributed by atoms with E-state index in [-0.39, 0.29) is 6.03 Å². The van der Waals surface area contributed by atoms with Crippen molar-refractivity contribution in [1.82, 2.24) is 14.7 Å². The van der Waals surface area contributed by atoms with Crippen molar-refractivity contribution in [3.63, 3.8) is 0 Å². The number of amides is 2. The van der Waals surface area contributed by atoms with Gasteiger partial charge in [-0.1, -0.05) is 42.0 Å². The van der Waals surface area contributed by atoms with Crippen LogP contribution in [0.5, 0.6) is 0 Å². The highest BCUT2D eigenvalue weighted by molar-refractivity contribution is 5.89. The molecule has 0 radical (unpaired) electrons. The third-order valence-electron chi connectivity index (χ3n) is 4.79. The lowest BCUT2D eigenvalue weighted by Gasteiger charge is -2.23. The standard InChI is InChI=1S/C22H24N4O/c1-17-4-2-5-19(14-17)16-26(21-10-11-21)22(27)24-20-8-6-18(7-9-20)15-25-13-3-12-23-25/h2-9,12-14,21H,10-11,15-16H2,1H3,(H,24,27). The molecule has 138 valence electrons. The third kappa shape index (κ3) is 4.56. The molecular formula is C22H24N4O. The fourth-order valence-electron chi connectivity index (χ4n) is 3.23. The zero-order valence-electron chi connectivity index (χ0n) is 15.5. The van der Waals surface area contributed by atoms with E-state index in [1.54, 1.807) is 6.20 Å². The number of carbonyl (C=O) groups excluding carboxylic acids is 1. The summed E-state index contributed by atoms with van der Waals surface area (Å²) in [5, 5.41) is 7.27. The summed E-state index contributed by atoms with van der Waals surface area (Å²) in [7, 11) is 0. The van der Waals surface area contributed by atoms with Crippen LogP contribution in [0.1, 0.15) is 29.5 Å². The molecular weight excluding hydrogens is 336 g/mol. The first-order chi connectivity index (χ1) is 13.2. The van der Waals surface area contributed by atoms with E-state index in [2.05, 4.69) is 35.5 Å². The quantitative estimate of drug-likeness (QED) is 0.707. The van der Waals surface area contributed by atoms with Gasteiger partial charge >= 0.3 is 6.03 Å². The maximum Gasteiger partial charge on any atom is 0.322 e. The van der Waals surface area contributed by atoms with Crippen LogP contribution in [0.25, 0.3) is 0 Å². The number of benzene rings is 2. The second-order valence-electron chi connectivity index (χ2n) is 7.18. The number of carbonyl (C=O) groups is 1. The van der Waals surface area contributed by atoms with Crippen molar-refractivity contribution in [2.45, 2.75) is 38.9 Å². The maximum atomic E-state index is 12.8. The van der Waals surface area contributed by atoms with Crippen LogP contribution in [-0.4, -0.2) is 26.8 Å². The minimum atomic E-state index is -0.0289. The summed E-state index contributed by atoms with van der Waals surface area (Å²) in [4.78, 5) is 14.8. The zero-order chi connectivity index (χ0) is 18.6. The number of nitrogens with zero attached hydrogens (tertiary/aromatic N) is 3. The Morgan fingerprint density at radius 1 is 1.15 bits per heavy atom. The van der Waals surface area contributed by atoms with E-state index in [0.29, 0.717) is 12.6 Å². The topological polar surface area (TPSA) is 50.2 Å². The maximum absolute atomic E-state index is 12.8. The van der Waals surface area contributed by atoms with Crippen molar-refractivity contribution in [1.29, 1.82) is 0 Å². The molecule has 0 aliphatic heterocycles. The molecule has 1 fully saturated rings. The van der Waals surface area contributed by atoms with Gasteiger partial charge < -0.3 is 10.2 Å². The number of hydrogen-bond acceptors (Lipinski definition) is 2. The highest BCUT2D eigenvalue weighted by Crippen LogP contribution is 2.29. The average molecular weight is 360 g/mol. The molecule has 0 saturated heterocycles. The molecule has 4 rings (SSSR count). The highest BCUT2D eigenvalue weighted by atomic mass is 16.2. The van der Waals surface area contributed by atoms with Crippen LogP contribution < -0.4 is 5.32 Å². The van der Waals surface area contributed by atoms with Crippen LogP contribution in [0.3, 0.4) is 0 Å². The average Bonchev–Trinajstić information content (AvgIpc) is 3.38. The van der Waals surface area contributed by atoms with Crippen molar-refractivity contribution >= 4 is 11.7 Å². The zero-order valence-corrected chi connectivity index (χ0v) is 15.5. The molecule has 5 heteroatoms. The number of rotatable bonds is 6. The van der Waals surface area contributed by atoms with Crippen molar-refractivity contribution in [2.75, 3.05) is 5.32 Å². The lowest BCUT2D eigenvalue weighted by molar-refractivity contribution is 0.206. The largest absolute Gasteiger partial charge is 0.322 e. The smallest absolute Gasteiger partial charge is 0.317 e. The Labute approximate surface area is 159 Å². The van der Waals surface area contributed by atoms with Gasteiger partial charge in [0.2, 0.25) is 0 Å². The molecule has 0 spiro atoms. The molecule has 1 N–H and O–H groups in total. The molecule has 0 bridgehead atoms. The normalized spacial score (nSPS) is 13.4. The Kier molecular flexibility index (Phi) is 4.92. The molecule has 1 aliphatic carbocycles. The Morgan fingerprint density at radius 3 is 2.63 bits per heavy atom. The van der Waals surface area contributed by atoms with E-state index in [1.165, 1.54) is 11.1 Å². The number of nitrogens with one attached hydrogen (secondary N) is 1. The Bertz CT molecular complexity index is 898. The molecule has 0 unspecified atom stereocenters. The van der Waals surface area contributed by atoms with Gasteiger partial charge in [0.25, 0.3) is 0 Å². The van der Waals surface area contributed by atoms with Crippen LogP contribution in [0, 0.1) is 6.92 Å². The summed E-state index contributed by atoms with van der Waals surface area (Å²) < 4.78 is 1.88. The van der Waals surface area contributed by atoms with Gasteiger partial charge in [-0.3, -0.25) is 4.68 Å². The van der Waals surface area contributed by atoms with Crippen LogP contribution >= 0.6 is 0 Å². The molecule has 1 heterocycles.